The molecule has 0 fully saturated rings. The Morgan fingerprint density at radius 2 is 1.87 bits per heavy atom. The topological polar surface area (TPSA) is 55.0 Å². The molecule has 5 rings (SSSR count). The second-order valence-corrected chi connectivity index (χ2v) is 9.00. The standard InChI is InChI=1S/C25H24N4S/c1-17-4-2-3-5-22(17)24-11-10-21(30-24)16-29-13-12-23-19(15-29)14-27-25(28-23)18-6-8-20(26)9-7-18/h2-11,14H,12-13,15-16,26H2,1H3. The van der Waals surface area contributed by atoms with Gasteiger partial charge in [0.05, 0.1) is 5.69 Å². The average molecular weight is 413 g/mol. The van der Waals surface area contributed by atoms with Crippen LogP contribution < -0.4 is 5.73 Å². The zero-order valence-corrected chi connectivity index (χ0v) is 17.8. The van der Waals surface area contributed by atoms with Crippen LogP contribution in [-0.2, 0) is 19.5 Å². The number of hydrogen-bond acceptors (Lipinski definition) is 5. The molecule has 0 saturated heterocycles. The maximum absolute atomic E-state index is 5.79. The van der Waals surface area contributed by atoms with Crippen LogP contribution in [0.1, 0.15) is 21.7 Å². The summed E-state index contributed by atoms with van der Waals surface area (Å²) in [6, 6.07) is 20.9. The third-order valence-corrected chi connectivity index (χ3v) is 6.74. The highest BCUT2D eigenvalue weighted by Gasteiger charge is 2.19. The van der Waals surface area contributed by atoms with Crippen molar-refractivity contribution in [1.82, 2.24) is 14.9 Å². The summed E-state index contributed by atoms with van der Waals surface area (Å²) in [4.78, 5) is 14.7. The van der Waals surface area contributed by atoms with Gasteiger partial charge in [-0.05, 0) is 54.4 Å². The minimum Gasteiger partial charge on any atom is -0.399 e. The van der Waals surface area contributed by atoms with Crippen molar-refractivity contribution in [3.05, 3.63) is 88.6 Å². The monoisotopic (exact) mass is 412 g/mol. The lowest BCUT2D eigenvalue weighted by Crippen LogP contribution is -2.30. The van der Waals surface area contributed by atoms with Gasteiger partial charge in [0.1, 0.15) is 0 Å². The third kappa shape index (κ3) is 3.86. The maximum atomic E-state index is 5.79. The lowest BCUT2D eigenvalue weighted by molar-refractivity contribution is 0.245. The first-order valence-electron chi connectivity index (χ1n) is 10.2. The van der Waals surface area contributed by atoms with E-state index in [2.05, 4.69) is 53.2 Å². The SMILES string of the molecule is Cc1ccccc1-c1ccc(CN2CCc3nc(-c4ccc(N)cc4)ncc3C2)s1. The van der Waals surface area contributed by atoms with Crippen molar-refractivity contribution in [1.29, 1.82) is 0 Å². The van der Waals surface area contributed by atoms with Gasteiger partial charge in [0.15, 0.2) is 5.82 Å². The number of benzene rings is 2. The summed E-state index contributed by atoms with van der Waals surface area (Å²) in [5.41, 5.74) is 12.6. The molecule has 2 aromatic heterocycles. The number of fused-ring (bicyclic) bond motifs is 1. The van der Waals surface area contributed by atoms with Crippen LogP contribution in [0.2, 0.25) is 0 Å². The molecule has 1 aliphatic rings. The first-order valence-corrected chi connectivity index (χ1v) is 11.0. The van der Waals surface area contributed by atoms with Crippen molar-refractivity contribution >= 4 is 17.0 Å². The summed E-state index contributed by atoms with van der Waals surface area (Å²) in [6.07, 6.45) is 2.95. The molecule has 2 N–H and O–H groups in total. The van der Waals surface area contributed by atoms with Crippen LogP contribution in [0.15, 0.2) is 66.9 Å². The predicted molar refractivity (Wildman–Crippen MR) is 124 cm³/mol. The molecule has 0 amide bonds. The van der Waals surface area contributed by atoms with E-state index in [4.69, 9.17) is 10.7 Å². The number of aromatic nitrogens is 2. The molecular formula is C25H24N4S. The second kappa shape index (κ2) is 8.01. The minimum atomic E-state index is 0.756. The molecule has 0 saturated carbocycles. The fourth-order valence-corrected chi connectivity index (χ4v) is 5.10. The Balaban J connectivity index is 1.30. The fourth-order valence-electron chi connectivity index (χ4n) is 3.96. The zero-order chi connectivity index (χ0) is 20.5. The van der Waals surface area contributed by atoms with Gasteiger partial charge < -0.3 is 5.73 Å². The zero-order valence-electron chi connectivity index (χ0n) is 17.0. The van der Waals surface area contributed by atoms with Gasteiger partial charge in [-0.25, -0.2) is 9.97 Å². The van der Waals surface area contributed by atoms with Crippen LogP contribution in [0.25, 0.3) is 21.8 Å². The summed E-state index contributed by atoms with van der Waals surface area (Å²) in [6.45, 7) is 5.06. The summed E-state index contributed by atoms with van der Waals surface area (Å²) in [7, 11) is 0. The van der Waals surface area contributed by atoms with Crippen molar-refractivity contribution in [3.8, 4) is 21.8 Å². The minimum absolute atomic E-state index is 0.756. The van der Waals surface area contributed by atoms with Crippen molar-refractivity contribution in [3.63, 3.8) is 0 Å². The Morgan fingerprint density at radius 1 is 1.03 bits per heavy atom. The van der Waals surface area contributed by atoms with E-state index in [0.717, 1.165) is 43.1 Å². The van der Waals surface area contributed by atoms with E-state index in [1.54, 1.807) is 0 Å². The summed E-state index contributed by atoms with van der Waals surface area (Å²) in [5.74, 6) is 0.781. The van der Waals surface area contributed by atoms with Gasteiger partial charge >= 0.3 is 0 Å². The molecule has 30 heavy (non-hydrogen) atoms. The van der Waals surface area contributed by atoms with Gasteiger partial charge in [0, 0.05) is 58.8 Å². The van der Waals surface area contributed by atoms with Gasteiger partial charge in [-0.2, -0.15) is 0 Å². The molecule has 150 valence electrons. The summed E-state index contributed by atoms with van der Waals surface area (Å²) < 4.78 is 0. The molecule has 0 spiro atoms. The van der Waals surface area contributed by atoms with E-state index in [1.165, 1.54) is 32.1 Å². The van der Waals surface area contributed by atoms with Crippen molar-refractivity contribution in [2.75, 3.05) is 12.3 Å². The van der Waals surface area contributed by atoms with Crippen LogP contribution in [0.5, 0.6) is 0 Å². The number of thiophene rings is 1. The predicted octanol–water partition coefficient (Wildman–Crippen LogP) is 5.32. The smallest absolute Gasteiger partial charge is 0.159 e. The second-order valence-electron chi connectivity index (χ2n) is 7.83. The van der Waals surface area contributed by atoms with Crippen LogP contribution in [0.3, 0.4) is 0 Å². The first kappa shape index (κ1) is 19.0. The van der Waals surface area contributed by atoms with Crippen LogP contribution in [-0.4, -0.2) is 21.4 Å². The van der Waals surface area contributed by atoms with E-state index < -0.39 is 0 Å². The number of rotatable bonds is 4. The molecular weight excluding hydrogens is 388 g/mol. The number of aryl methyl sites for hydroxylation is 1. The highest BCUT2D eigenvalue weighted by molar-refractivity contribution is 7.15. The van der Waals surface area contributed by atoms with Crippen LogP contribution in [0, 0.1) is 6.92 Å². The lowest BCUT2D eigenvalue weighted by Gasteiger charge is -2.27. The van der Waals surface area contributed by atoms with Crippen LogP contribution >= 0.6 is 11.3 Å². The fraction of sp³-hybridized carbons (Fsp3) is 0.200. The van der Waals surface area contributed by atoms with Gasteiger partial charge in [0.25, 0.3) is 0 Å². The Labute approximate surface area is 181 Å². The molecule has 2 aromatic carbocycles. The molecule has 0 atom stereocenters. The Hall–Kier alpha value is -3.02. The largest absolute Gasteiger partial charge is 0.399 e. The Morgan fingerprint density at radius 3 is 2.70 bits per heavy atom. The molecule has 4 nitrogen and oxygen atoms in total. The first-order chi connectivity index (χ1) is 14.7. The molecule has 0 unspecified atom stereocenters. The summed E-state index contributed by atoms with van der Waals surface area (Å²) >= 11 is 1.89. The Kier molecular flexibility index (Phi) is 5.07. The van der Waals surface area contributed by atoms with Crippen LogP contribution in [0.4, 0.5) is 5.69 Å². The number of nitrogens with two attached hydrogens (primary N) is 1. The Bertz CT molecular complexity index is 1180. The van der Waals surface area contributed by atoms with Gasteiger partial charge in [-0.3, -0.25) is 4.90 Å². The normalized spacial score (nSPS) is 13.9. The van der Waals surface area contributed by atoms with E-state index in [1.807, 2.05) is 41.8 Å². The molecule has 4 aromatic rings. The van der Waals surface area contributed by atoms with E-state index >= 15 is 0 Å². The van der Waals surface area contributed by atoms with E-state index in [-0.39, 0.29) is 0 Å². The number of nitrogen functional groups attached to an aromatic ring is 1. The third-order valence-electron chi connectivity index (χ3n) is 5.63. The number of hydrogen-bond donors (Lipinski definition) is 1. The molecule has 0 radical (unpaired) electrons. The number of nitrogens with zero attached hydrogens (tertiary/aromatic N) is 3. The maximum Gasteiger partial charge on any atom is 0.159 e. The molecule has 0 aliphatic carbocycles. The molecule has 3 heterocycles. The van der Waals surface area contributed by atoms with Crippen molar-refractivity contribution < 1.29 is 0 Å². The van der Waals surface area contributed by atoms with E-state index in [0.29, 0.717) is 0 Å². The lowest BCUT2D eigenvalue weighted by atomic mass is 10.1. The average Bonchev–Trinajstić information content (AvgIpc) is 3.22. The van der Waals surface area contributed by atoms with Crippen molar-refractivity contribution in [2.45, 2.75) is 26.4 Å². The number of anilines is 1. The van der Waals surface area contributed by atoms with Gasteiger partial charge in [-0.15, -0.1) is 11.3 Å². The van der Waals surface area contributed by atoms with E-state index in [9.17, 15) is 0 Å². The molecule has 5 heteroatoms. The summed E-state index contributed by atoms with van der Waals surface area (Å²) in [5, 5.41) is 0. The van der Waals surface area contributed by atoms with Crippen molar-refractivity contribution in [2.24, 2.45) is 0 Å². The highest BCUT2D eigenvalue weighted by atomic mass is 32.1. The highest BCUT2D eigenvalue weighted by Crippen LogP contribution is 2.32. The molecule has 1 aliphatic heterocycles. The molecule has 0 bridgehead atoms. The van der Waals surface area contributed by atoms with Gasteiger partial charge in [0.2, 0.25) is 0 Å². The van der Waals surface area contributed by atoms with Gasteiger partial charge in [-0.1, -0.05) is 24.3 Å². The quantitative estimate of drug-likeness (QED) is 0.461.